The summed E-state index contributed by atoms with van der Waals surface area (Å²) >= 11 is 0. The summed E-state index contributed by atoms with van der Waals surface area (Å²) in [4.78, 5) is 10.7. The molecule has 0 aromatic heterocycles. The number of carbonyl (C=O) groups is 1. The van der Waals surface area contributed by atoms with Gasteiger partial charge in [-0.05, 0) is 20.3 Å². The fourth-order valence-electron chi connectivity index (χ4n) is 0.853. The predicted octanol–water partition coefficient (Wildman–Crippen LogP) is -0.389. The van der Waals surface area contributed by atoms with Crippen molar-refractivity contribution in [2.24, 2.45) is 5.73 Å². The molecule has 0 radical (unpaired) electrons. The van der Waals surface area contributed by atoms with Crippen molar-refractivity contribution in [2.45, 2.75) is 38.8 Å². The van der Waals surface area contributed by atoms with E-state index in [1.807, 2.05) is 13.8 Å². The highest BCUT2D eigenvalue weighted by atomic mass is 16.3. The third-order valence-corrected chi connectivity index (χ3v) is 2.12. The molecule has 0 bridgehead atoms. The Hall–Kier alpha value is -0.610. The lowest BCUT2D eigenvalue weighted by Crippen LogP contribution is -2.53. The van der Waals surface area contributed by atoms with E-state index in [0.717, 1.165) is 6.42 Å². The first-order chi connectivity index (χ1) is 5.45. The van der Waals surface area contributed by atoms with Gasteiger partial charge >= 0.3 is 0 Å². The summed E-state index contributed by atoms with van der Waals surface area (Å²) in [7, 11) is 0. The number of hydrogen-bond acceptors (Lipinski definition) is 3. The van der Waals surface area contributed by atoms with Crippen LogP contribution in [0.5, 0.6) is 0 Å². The topological polar surface area (TPSA) is 75.3 Å². The van der Waals surface area contributed by atoms with E-state index < -0.39 is 17.5 Å². The molecule has 0 heterocycles. The van der Waals surface area contributed by atoms with Gasteiger partial charge in [0.15, 0.2) is 0 Å². The SMILES string of the molecule is CCC(C)(CO)NC(C)C(N)=O. The van der Waals surface area contributed by atoms with Crippen LogP contribution in [0.1, 0.15) is 27.2 Å². The van der Waals surface area contributed by atoms with Crippen LogP contribution in [0, 0.1) is 0 Å². The van der Waals surface area contributed by atoms with Gasteiger partial charge in [-0.1, -0.05) is 6.92 Å². The molecule has 4 nitrogen and oxygen atoms in total. The second-order valence-corrected chi connectivity index (χ2v) is 3.34. The lowest BCUT2D eigenvalue weighted by Gasteiger charge is -2.29. The van der Waals surface area contributed by atoms with E-state index in [1.165, 1.54) is 0 Å². The van der Waals surface area contributed by atoms with Crippen LogP contribution < -0.4 is 11.1 Å². The molecule has 1 amide bonds. The van der Waals surface area contributed by atoms with Crippen molar-refractivity contribution in [1.29, 1.82) is 0 Å². The molecule has 2 atom stereocenters. The van der Waals surface area contributed by atoms with E-state index >= 15 is 0 Å². The van der Waals surface area contributed by atoms with Crippen LogP contribution in [-0.4, -0.2) is 29.2 Å². The molecule has 0 aliphatic carbocycles. The maximum atomic E-state index is 10.7. The molecule has 0 saturated heterocycles. The first kappa shape index (κ1) is 11.4. The van der Waals surface area contributed by atoms with Crippen LogP contribution in [0.2, 0.25) is 0 Å². The van der Waals surface area contributed by atoms with Crippen molar-refractivity contribution >= 4 is 5.91 Å². The normalized spacial score (nSPS) is 18.3. The third-order valence-electron chi connectivity index (χ3n) is 2.12. The van der Waals surface area contributed by atoms with Gasteiger partial charge in [0.25, 0.3) is 0 Å². The monoisotopic (exact) mass is 174 g/mol. The molecule has 2 unspecified atom stereocenters. The van der Waals surface area contributed by atoms with Crippen molar-refractivity contribution in [3.63, 3.8) is 0 Å². The van der Waals surface area contributed by atoms with Gasteiger partial charge in [-0.2, -0.15) is 0 Å². The Labute approximate surface area is 73.1 Å². The minimum atomic E-state index is -0.408. The fourth-order valence-corrected chi connectivity index (χ4v) is 0.853. The van der Waals surface area contributed by atoms with E-state index in [2.05, 4.69) is 5.32 Å². The molecule has 0 rings (SSSR count). The maximum absolute atomic E-state index is 10.7. The molecule has 4 heteroatoms. The van der Waals surface area contributed by atoms with Crippen LogP contribution in [0.3, 0.4) is 0 Å². The van der Waals surface area contributed by atoms with Gasteiger partial charge in [-0.25, -0.2) is 0 Å². The van der Waals surface area contributed by atoms with E-state index in [1.54, 1.807) is 6.92 Å². The van der Waals surface area contributed by atoms with Crippen molar-refractivity contribution in [1.82, 2.24) is 5.32 Å². The van der Waals surface area contributed by atoms with Crippen LogP contribution >= 0.6 is 0 Å². The fraction of sp³-hybridized carbons (Fsp3) is 0.875. The number of primary amides is 1. The first-order valence-corrected chi connectivity index (χ1v) is 4.13. The zero-order chi connectivity index (χ0) is 9.78. The van der Waals surface area contributed by atoms with E-state index in [4.69, 9.17) is 10.8 Å². The summed E-state index contributed by atoms with van der Waals surface area (Å²) in [5.74, 6) is -0.400. The molecule has 0 fully saturated rings. The minimum absolute atomic E-state index is 0.00111. The molecule has 4 N–H and O–H groups in total. The number of carbonyl (C=O) groups excluding carboxylic acids is 1. The molecule has 72 valence electrons. The van der Waals surface area contributed by atoms with E-state index in [0.29, 0.717) is 0 Å². The lowest BCUT2D eigenvalue weighted by atomic mass is 9.99. The van der Waals surface area contributed by atoms with Gasteiger partial charge in [0.05, 0.1) is 12.6 Å². The Bertz CT molecular complexity index is 155. The predicted molar refractivity (Wildman–Crippen MR) is 47.6 cm³/mol. The Balaban J connectivity index is 4.11. The number of hydrogen-bond donors (Lipinski definition) is 3. The summed E-state index contributed by atoms with van der Waals surface area (Å²) in [5.41, 5.74) is 4.66. The van der Waals surface area contributed by atoms with Gasteiger partial charge < -0.3 is 10.8 Å². The number of nitrogens with two attached hydrogens (primary N) is 1. The summed E-state index contributed by atoms with van der Waals surface area (Å²) in [6.45, 7) is 5.48. The Morgan fingerprint density at radius 3 is 2.50 bits per heavy atom. The molecular formula is C8H18N2O2. The van der Waals surface area contributed by atoms with Crippen molar-refractivity contribution in [2.75, 3.05) is 6.61 Å². The third kappa shape index (κ3) is 3.19. The van der Waals surface area contributed by atoms with Gasteiger partial charge in [0, 0.05) is 5.54 Å². The van der Waals surface area contributed by atoms with Crippen molar-refractivity contribution < 1.29 is 9.90 Å². The molecule has 0 saturated carbocycles. The maximum Gasteiger partial charge on any atom is 0.234 e. The molecule has 0 aliphatic heterocycles. The highest BCUT2D eigenvalue weighted by Gasteiger charge is 2.24. The molecular weight excluding hydrogens is 156 g/mol. The smallest absolute Gasteiger partial charge is 0.234 e. The van der Waals surface area contributed by atoms with E-state index in [-0.39, 0.29) is 6.61 Å². The zero-order valence-corrected chi connectivity index (χ0v) is 7.92. The first-order valence-electron chi connectivity index (χ1n) is 4.13. The molecule has 12 heavy (non-hydrogen) atoms. The van der Waals surface area contributed by atoms with Gasteiger partial charge in [0.1, 0.15) is 0 Å². The average molecular weight is 174 g/mol. The van der Waals surface area contributed by atoms with Gasteiger partial charge in [0.2, 0.25) is 5.91 Å². The second-order valence-electron chi connectivity index (χ2n) is 3.34. The standard InChI is InChI=1S/C8H18N2O2/c1-4-8(3,5-11)10-6(2)7(9)12/h6,10-11H,4-5H2,1-3H3,(H2,9,12). The Kier molecular flexibility index (Phi) is 4.20. The van der Waals surface area contributed by atoms with Crippen LogP contribution in [0.25, 0.3) is 0 Å². The number of nitrogens with one attached hydrogen (secondary N) is 1. The van der Waals surface area contributed by atoms with Crippen molar-refractivity contribution in [3.05, 3.63) is 0 Å². The summed E-state index contributed by atoms with van der Waals surface area (Å²) in [6.07, 6.45) is 0.751. The molecule has 0 aromatic rings. The quantitative estimate of drug-likeness (QED) is 0.531. The highest BCUT2D eigenvalue weighted by molar-refractivity contribution is 5.79. The van der Waals surface area contributed by atoms with Gasteiger partial charge in [-0.3, -0.25) is 10.1 Å². The second kappa shape index (κ2) is 4.42. The van der Waals surface area contributed by atoms with E-state index in [9.17, 15) is 4.79 Å². The average Bonchev–Trinajstić information content (AvgIpc) is 2.04. The van der Waals surface area contributed by atoms with Crippen LogP contribution in [-0.2, 0) is 4.79 Å². The number of aliphatic hydroxyl groups excluding tert-OH is 1. The van der Waals surface area contributed by atoms with Crippen LogP contribution in [0.4, 0.5) is 0 Å². The molecule has 0 aromatic carbocycles. The number of aliphatic hydroxyl groups is 1. The summed E-state index contributed by atoms with van der Waals surface area (Å²) in [6, 6.07) is -0.401. The van der Waals surface area contributed by atoms with Crippen LogP contribution in [0.15, 0.2) is 0 Å². The van der Waals surface area contributed by atoms with Crippen molar-refractivity contribution in [3.8, 4) is 0 Å². The number of rotatable bonds is 5. The molecule has 0 aliphatic rings. The minimum Gasteiger partial charge on any atom is -0.394 e. The molecule has 0 spiro atoms. The largest absolute Gasteiger partial charge is 0.394 e. The zero-order valence-electron chi connectivity index (χ0n) is 7.92. The lowest BCUT2D eigenvalue weighted by molar-refractivity contribution is -0.120. The Morgan fingerprint density at radius 2 is 2.25 bits per heavy atom. The summed E-state index contributed by atoms with van der Waals surface area (Å²) < 4.78 is 0. The van der Waals surface area contributed by atoms with Gasteiger partial charge in [-0.15, -0.1) is 0 Å². The Morgan fingerprint density at radius 1 is 1.75 bits per heavy atom. The highest BCUT2D eigenvalue weighted by Crippen LogP contribution is 2.08. The number of amides is 1. The summed E-state index contributed by atoms with van der Waals surface area (Å²) in [5, 5.41) is 12.0.